The highest BCUT2D eigenvalue weighted by molar-refractivity contribution is 5.61. The first-order chi connectivity index (χ1) is 9.18. The summed E-state index contributed by atoms with van der Waals surface area (Å²) in [5.41, 5.74) is -0.181. The minimum Gasteiger partial charge on any atom is -0.379 e. The molecule has 0 aliphatic heterocycles. The molecule has 1 aromatic rings. The molecule has 0 saturated heterocycles. The monoisotopic (exact) mass is 266 g/mol. The fraction of sp³-hybridized carbons (Fsp3) is 0.571. The normalized spacial score (nSPS) is 15.6. The first-order valence-electron chi connectivity index (χ1n) is 6.85. The van der Waals surface area contributed by atoms with Crippen LogP contribution < -0.4 is 5.32 Å². The van der Waals surface area contributed by atoms with E-state index >= 15 is 0 Å². The number of anilines is 1. The molecule has 1 aromatic carbocycles. The number of hydrogen-bond donors (Lipinski definition) is 1. The Morgan fingerprint density at radius 2 is 2.11 bits per heavy atom. The van der Waals surface area contributed by atoms with Gasteiger partial charge in [-0.15, -0.1) is 0 Å². The molecule has 0 bridgehead atoms. The number of rotatable bonds is 6. The molecule has 5 heteroatoms. The summed E-state index contributed by atoms with van der Waals surface area (Å²) in [5, 5.41) is 13.8. The van der Waals surface area contributed by atoms with Crippen molar-refractivity contribution in [2.75, 3.05) is 11.9 Å². The van der Waals surface area contributed by atoms with Gasteiger partial charge in [-0.3, -0.25) is 10.1 Å². The van der Waals surface area contributed by atoms with E-state index in [1.54, 1.807) is 6.07 Å². The maximum absolute atomic E-state index is 13.4. The zero-order valence-electron chi connectivity index (χ0n) is 10.9. The summed E-state index contributed by atoms with van der Waals surface area (Å²) in [6, 6.07) is 4.15. The van der Waals surface area contributed by atoms with Crippen LogP contribution in [0, 0.1) is 21.8 Å². The van der Waals surface area contributed by atoms with Crippen LogP contribution in [0.4, 0.5) is 15.8 Å². The molecule has 0 aromatic heterocycles. The summed E-state index contributed by atoms with van der Waals surface area (Å²) in [7, 11) is 0. The van der Waals surface area contributed by atoms with Gasteiger partial charge in [0.15, 0.2) is 0 Å². The van der Waals surface area contributed by atoms with Crippen LogP contribution in [0.25, 0.3) is 0 Å². The fourth-order valence-corrected chi connectivity index (χ4v) is 2.76. The average Bonchev–Trinajstić information content (AvgIpc) is 2.87. The van der Waals surface area contributed by atoms with Gasteiger partial charge in [0.05, 0.1) is 4.92 Å². The van der Waals surface area contributed by atoms with Crippen LogP contribution in [0.15, 0.2) is 18.2 Å². The Bertz CT molecular complexity index is 445. The second kappa shape index (κ2) is 6.50. The number of nitro benzene ring substituents is 1. The van der Waals surface area contributed by atoms with Gasteiger partial charge in [-0.1, -0.05) is 31.7 Å². The lowest BCUT2D eigenvalue weighted by molar-refractivity contribution is -0.386. The number of nitrogens with one attached hydrogen (secondary N) is 1. The maximum Gasteiger partial charge on any atom is 0.327 e. The van der Waals surface area contributed by atoms with E-state index in [1.807, 2.05) is 0 Å². The predicted molar refractivity (Wildman–Crippen MR) is 72.7 cm³/mol. The molecule has 0 amide bonds. The second-order valence-electron chi connectivity index (χ2n) is 5.11. The molecule has 1 fully saturated rings. The van der Waals surface area contributed by atoms with E-state index in [9.17, 15) is 14.5 Å². The molecule has 0 unspecified atom stereocenters. The van der Waals surface area contributed by atoms with Gasteiger partial charge in [0, 0.05) is 6.54 Å². The van der Waals surface area contributed by atoms with Crippen molar-refractivity contribution in [2.24, 2.45) is 5.92 Å². The number of benzene rings is 1. The highest BCUT2D eigenvalue weighted by Crippen LogP contribution is 2.29. The quantitative estimate of drug-likeness (QED) is 0.479. The van der Waals surface area contributed by atoms with Crippen molar-refractivity contribution in [3.8, 4) is 0 Å². The number of hydrogen-bond acceptors (Lipinski definition) is 3. The SMILES string of the molecule is O=[N+]([O-])c1c(F)cccc1NCCCC1CCCC1. The molecule has 19 heavy (non-hydrogen) atoms. The Kier molecular flexibility index (Phi) is 4.71. The highest BCUT2D eigenvalue weighted by atomic mass is 19.1. The number of nitrogens with zero attached hydrogens (tertiary/aromatic N) is 1. The minimum absolute atomic E-state index is 0.274. The van der Waals surface area contributed by atoms with E-state index in [0.29, 0.717) is 6.54 Å². The van der Waals surface area contributed by atoms with E-state index in [2.05, 4.69) is 5.32 Å². The van der Waals surface area contributed by atoms with Crippen LogP contribution in [0.5, 0.6) is 0 Å². The molecule has 0 radical (unpaired) electrons. The lowest BCUT2D eigenvalue weighted by Crippen LogP contribution is -2.07. The largest absolute Gasteiger partial charge is 0.379 e. The van der Waals surface area contributed by atoms with E-state index < -0.39 is 16.4 Å². The van der Waals surface area contributed by atoms with Crippen LogP contribution in [0.1, 0.15) is 38.5 Å². The van der Waals surface area contributed by atoms with Gasteiger partial charge in [0.1, 0.15) is 5.69 Å². The molecule has 0 spiro atoms. The summed E-state index contributed by atoms with van der Waals surface area (Å²) in [4.78, 5) is 10.1. The fourth-order valence-electron chi connectivity index (χ4n) is 2.76. The second-order valence-corrected chi connectivity index (χ2v) is 5.11. The van der Waals surface area contributed by atoms with Crippen LogP contribution >= 0.6 is 0 Å². The van der Waals surface area contributed by atoms with Gasteiger partial charge in [-0.05, 0) is 30.9 Å². The van der Waals surface area contributed by atoms with E-state index in [0.717, 1.165) is 24.8 Å². The van der Waals surface area contributed by atoms with Crippen LogP contribution in [0.3, 0.4) is 0 Å². The van der Waals surface area contributed by atoms with Crippen molar-refractivity contribution in [3.05, 3.63) is 34.1 Å². The third-order valence-electron chi connectivity index (χ3n) is 3.75. The molecule has 2 rings (SSSR count). The average molecular weight is 266 g/mol. The Labute approximate surface area is 112 Å². The first kappa shape index (κ1) is 13.8. The van der Waals surface area contributed by atoms with Crippen molar-refractivity contribution >= 4 is 11.4 Å². The highest BCUT2D eigenvalue weighted by Gasteiger charge is 2.19. The minimum atomic E-state index is -0.786. The van der Waals surface area contributed by atoms with Crippen molar-refractivity contribution in [3.63, 3.8) is 0 Å². The molecule has 1 N–H and O–H groups in total. The molecule has 0 atom stereocenters. The van der Waals surface area contributed by atoms with Crippen LogP contribution in [0.2, 0.25) is 0 Å². The van der Waals surface area contributed by atoms with Gasteiger partial charge in [-0.25, -0.2) is 0 Å². The Hall–Kier alpha value is -1.65. The van der Waals surface area contributed by atoms with Crippen molar-refractivity contribution in [1.82, 2.24) is 0 Å². The van der Waals surface area contributed by atoms with Gasteiger partial charge in [0.25, 0.3) is 0 Å². The van der Waals surface area contributed by atoms with Gasteiger partial charge in [0.2, 0.25) is 5.82 Å². The van der Waals surface area contributed by atoms with Gasteiger partial charge >= 0.3 is 5.69 Å². The van der Waals surface area contributed by atoms with Crippen molar-refractivity contribution < 1.29 is 9.31 Å². The van der Waals surface area contributed by atoms with Crippen LogP contribution in [-0.2, 0) is 0 Å². The molecular weight excluding hydrogens is 247 g/mol. The van der Waals surface area contributed by atoms with E-state index in [4.69, 9.17) is 0 Å². The van der Waals surface area contributed by atoms with E-state index in [-0.39, 0.29) is 5.69 Å². The zero-order valence-corrected chi connectivity index (χ0v) is 10.9. The zero-order chi connectivity index (χ0) is 13.7. The molecule has 1 aliphatic rings. The summed E-state index contributed by atoms with van der Waals surface area (Å²) in [6.45, 7) is 0.654. The third-order valence-corrected chi connectivity index (χ3v) is 3.75. The lowest BCUT2D eigenvalue weighted by Gasteiger charge is -2.10. The molecule has 1 saturated carbocycles. The van der Waals surface area contributed by atoms with Crippen molar-refractivity contribution in [2.45, 2.75) is 38.5 Å². The topological polar surface area (TPSA) is 55.2 Å². The molecule has 104 valence electrons. The molecule has 1 aliphatic carbocycles. The Morgan fingerprint density at radius 3 is 2.79 bits per heavy atom. The van der Waals surface area contributed by atoms with Gasteiger partial charge < -0.3 is 5.32 Å². The molecule has 4 nitrogen and oxygen atoms in total. The lowest BCUT2D eigenvalue weighted by atomic mass is 10.0. The smallest absolute Gasteiger partial charge is 0.327 e. The molecular formula is C14H19FN2O2. The number of nitro groups is 1. The van der Waals surface area contributed by atoms with Gasteiger partial charge in [-0.2, -0.15) is 4.39 Å². The molecule has 0 heterocycles. The summed E-state index contributed by atoms with van der Waals surface area (Å²) < 4.78 is 13.4. The summed E-state index contributed by atoms with van der Waals surface area (Å²) >= 11 is 0. The summed E-state index contributed by atoms with van der Waals surface area (Å²) in [5.74, 6) is 0.0232. The van der Waals surface area contributed by atoms with Crippen LogP contribution in [-0.4, -0.2) is 11.5 Å². The standard InChI is InChI=1S/C14H19FN2O2/c15-12-8-3-9-13(14(12)17(18)19)16-10-4-7-11-5-1-2-6-11/h3,8-9,11,16H,1-2,4-7,10H2. The summed E-state index contributed by atoms with van der Waals surface area (Å²) in [6.07, 6.45) is 7.38. The third kappa shape index (κ3) is 3.66. The Balaban J connectivity index is 1.85. The van der Waals surface area contributed by atoms with Crippen molar-refractivity contribution in [1.29, 1.82) is 0 Å². The number of para-hydroxylation sites is 1. The first-order valence-corrected chi connectivity index (χ1v) is 6.85. The number of halogens is 1. The van der Waals surface area contributed by atoms with E-state index in [1.165, 1.54) is 31.7 Å². The Morgan fingerprint density at radius 1 is 1.37 bits per heavy atom. The maximum atomic E-state index is 13.4. The predicted octanol–water partition coefficient (Wildman–Crippen LogP) is 4.12.